The first-order valence-corrected chi connectivity index (χ1v) is 10.3. The molecule has 0 fully saturated rings. The zero-order valence-electron chi connectivity index (χ0n) is 11.5. The number of hydrogen-bond donors (Lipinski definition) is 1. The second kappa shape index (κ2) is 11.4. The van der Waals surface area contributed by atoms with Crippen LogP contribution in [0.15, 0.2) is 0 Å². The van der Waals surface area contributed by atoms with E-state index in [1.54, 1.807) is 0 Å². The van der Waals surface area contributed by atoms with Crippen LogP contribution in [0.4, 0.5) is 0 Å². The van der Waals surface area contributed by atoms with Gasteiger partial charge in [0.2, 0.25) is 5.69 Å². The smallest absolute Gasteiger partial charge is 0.244 e. The van der Waals surface area contributed by atoms with Crippen molar-refractivity contribution in [1.29, 1.82) is 0 Å². The fraction of sp³-hybridized carbons (Fsp3) is 1.00. The molecule has 2 nitrogen and oxygen atoms in total. The van der Waals surface area contributed by atoms with Crippen LogP contribution in [0.3, 0.4) is 0 Å². The van der Waals surface area contributed by atoms with Gasteiger partial charge in [-0.3, -0.25) is 0 Å². The van der Waals surface area contributed by atoms with Crippen LogP contribution in [0.2, 0.25) is 0 Å². The van der Waals surface area contributed by atoms with Gasteiger partial charge in [-0.25, -0.2) is 0 Å². The molecule has 1 N–H and O–H groups in total. The van der Waals surface area contributed by atoms with Crippen molar-refractivity contribution in [3.05, 3.63) is 0 Å². The average Bonchev–Trinajstić information content (AvgIpc) is 2.16. The third-order valence-electron chi connectivity index (χ3n) is 2.36. The van der Waals surface area contributed by atoms with Crippen molar-refractivity contribution < 1.29 is 28.9 Å². The van der Waals surface area contributed by atoms with Crippen LogP contribution in [-0.2, 0) is 35.8 Å². The molecule has 100 valence electrons. The van der Waals surface area contributed by atoms with Gasteiger partial charge >= 0.3 is 0 Å². The number of hydrogen-bond acceptors (Lipinski definition) is 3. The Labute approximate surface area is 128 Å². The predicted octanol–water partition coefficient (Wildman–Crippen LogP) is 4.58. The minimum atomic E-state index is -2.60. The van der Waals surface area contributed by atoms with Gasteiger partial charge in [0.15, 0.2) is 0 Å². The van der Waals surface area contributed by atoms with Crippen molar-refractivity contribution in [1.82, 2.24) is 0 Å². The van der Waals surface area contributed by atoms with E-state index in [2.05, 4.69) is 13.8 Å². The normalized spacial score (nSPS) is 16.4. The first kappa shape index (κ1) is 20.9. The van der Waals surface area contributed by atoms with Crippen LogP contribution in [0.1, 0.15) is 53.4 Å². The molecule has 2 unspecified atom stereocenters. The summed E-state index contributed by atoms with van der Waals surface area (Å²) in [5.41, 5.74) is -2.60. The van der Waals surface area contributed by atoms with Gasteiger partial charge in [0, 0.05) is 25.2 Å². The summed E-state index contributed by atoms with van der Waals surface area (Å²) in [5, 5.41) is 0. The maximum Gasteiger partial charge on any atom is 0.244 e. The molecule has 0 heterocycles. The van der Waals surface area contributed by atoms with Crippen LogP contribution in [0.25, 0.3) is 0 Å². The molecule has 0 aromatic heterocycles. The van der Waals surface area contributed by atoms with Crippen molar-refractivity contribution in [2.24, 2.45) is 5.92 Å². The van der Waals surface area contributed by atoms with Gasteiger partial charge in [-0.1, -0.05) is 44.5 Å². The quantitative estimate of drug-likeness (QED) is 0.487. The zero-order chi connectivity index (χ0) is 12.6. The molecule has 0 saturated carbocycles. The van der Waals surface area contributed by atoms with Gasteiger partial charge in [-0.05, 0) is 38.0 Å². The Hall–Kier alpha value is 1.54. The maximum absolute atomic E-state index is 9.92. The Balaban J connectivity index is 0. The zero-order valence-corrected chi connectivity index (χ0v) is 17.0. The van der Waals surface area contributed by atoms with Crippen molar-refractivity contribution in [3.63, 3.8) is 0 Å². The van der Waals surface area contributed by atoms with Gasteiger partial charge in [-0.15, -0.1) is 0 Å². The second-order valence-electron chi connectivity index (χ2n) is 4.33. The van der Waals surface area contributed by atoms with E-state index in [4.69, 9.17) is 16.3 Å². The van der Waals surface area contributed by atoms with Crippen molar-refractivity contribution in [2.75, 3.05) is 5.75 Å². The summed E-state index contributed by atoms with van der Waals surface area (Å²) < 4.78 is 5.38. The Morgan fingerprint density at radius 2 is 1.94 bits per heavy atom. The summed E-state index contributed by atoms with van der Waals surface area (Å²) >= 11 is 6.56. The standard InChI is InChI=1S/C11H25O2PS2.Zn/c1-5-7-8-11(6-2)9-16-14(12,15)13-10(3)4;/h10-11H,5-9H2,1-4H3,(H,12,15);. The summed E-state index contributed by atoms with van der Waals surface area (Å²) in [5.74, 6) is 1.59. The van der Waals surface area contributed by atoms with E-state index < -0.39 is 5.69 Å². The van der Waals surface area contributed by atoms with Gasteiger partial charge in [-0.2, -0.15) is 0 Å². The van der Waals surface area contributed by atoms with Crippen molar-refractivity contribution in [3.8, 4) is 0 Å². The summed E-state index contributed by atoms with van der Waals surface area (Å²) in [6.07, 6.45) is 4.90. The third kappa shape index (κ3) is 12.3. The van der Waals surface area contributed by atoms with Crippen LogP contribution in [0, 0.1) is 5.92 Å². The SMILES string of the molecule is CCCCC(CC)CSP(O)(=S)OC(C)C.[Zn]. The molecule has 2 atom stereocenters. The molecule has 0 amide bonds. The summed E-state index contributed by atoms with van der Waals surface area (Å²) in [6.45, 7) is 8.22. The average molecular weight is 350 g/mol. The van der Waals surface area contributed by atoms with E-state index in [0.29, 0.717) is 5.92 Å². The molecule has 0 aliphatic rings. The first-order chi connectivity index (χ1) is 7.41. The molecule has 0 saturated heterocycles. The molecule has 17 heavy (non-hydrogen) atoms. The van der Waals surface area contributed by atoms with E-state index in [0.717, 1.165) is 12.2 Å². The van der Waals surface area contributed by atoms with E-state index in [1.165, 1.54) is 30.6 Å². The van der Waals surface area contributed by atoms with Crippen molar-refractivity contribution >= 4 is 28.9 Å². The number of unbranched alkanes of at least 4 members (excludes halogenated alkanes) is 1. The van der Waals surface area contributed by atoms with Gasteiger partial charge in [0.1, 0.15) is 0 Å². The fourth-order valence-corrected chi connectivity index (χ4v) is 5.75. The molecule has 0 radical (unpaired) electrons. The summed E-state index contributed by atoms with van der Waals surface area (Å²) in [6, 6.07) is 0. The number of rotatable bonds is 9. The Morgan fingerprint density at radius 3 is 2.35 bits per heavy atom. The van der Waals surface area contributed by atoms with Crippen molar-refractivity contribution in [2.45, 2.75) is 59.5 Å². The van der Waals surface area contributed by atoms with Gasteiger partial charge < -0.3 is 9.42 Å². The Kier molecular flexibility index (Phi) is 14.0. The van der Waals surface area contributed by atoms with E-state index >= 15 is 0 Å². The van der Waals surface area contributed by atoms with E-state index in [1.807, 2.05) is 13.8 Å². The molecule has 0 spiro atoms. The topological polar surface area (TPSA) is 29.5 Å². The monoisotopic (exact) mass is 348 g/mol. The predicted molar refractivity (Wildman–Crippen MR) is 78.5 cm³/mol. The van der Waals surface area contributed by atoms with Crippen LogP contribution < -0.4 is 0 Å². The van der Waals surface area contributed by atoms with Gasteiger partial charge in [0.25, 0.3) is 0 Å². The molecule has 0 aromatic carbocycles. The molecular weight excluding hydrogens is 325 g/mol. The fourth-order valence-electron chi connectivity index (χ4n) is 1.39. The third-order valence-corrected chi connectivity index (χ3v) is 6.89. The second-order valence-corrected chi connectivity index (χ2v) is 10.5. The maximum atomic E-state index is 9.92. The van der Waals surface area contributed by atoms with E-state index in [9.17, 15) is 4.89 Å². The Bertz CT molecular complexity index is 228. The molecule has 0 aromatic rings. The van der Waals surface area contributed by atoms with Crippen LogP contribution in [-0.4, -0.2) is 16.8 Å². The van der Waals surface area contributed by atoms with Crippen LogP contribution in [0.5, 0.6) is 0 Å². The molecule has 0 bridgehead atoms. The largest absolute Gasteiger partial charge is 0.337 e. The molecule has 0 rings (SSSR count). The molecular formula is C11H25O2PS2Zn. The Morgan fingerprint density at radius 1 is 1.35 bits per heavy atom. The molecule has 0 aliphatic carbocycles. The minimum absolute atomic E-state index is 0. The van der Waals surface area contributed by atoms with Crippen LogP contribution >= 0.6 is 17.1 Å². The minimum Gasteiger partial charge on any atom is -0.337 e. The van der Waals surface area contributed by atoms with Gasteiger partial charge in [0.05, 0.1) is 6.10 Å². The summed E-state index contributed by atoms with van der Waals surface area (Å²) in [7, 11) is 0. The molecule has 0 aliphatic heterocycles. The first-order valence-electron chi connectivity index (χ1n) is 6.07. The summed E-state index contributed by atoms with van der Waals surface area (Å²) in [4.78, 5) is 9.92. The van der Waals surface area contributed by atoms with E-state index in [-0.39, 0.29) is 25.6 Å². The molecule has 6 heteroatoms.